The van der Waals surface area contributed by atoms with Crippen LogP contribution < -0.4 is 21.7 Å². The fourth-order valence-corrected chi connectivity index (χ4v) is 3.13. The van der Waals surface area contributed by atoms with Gasteiger partial charge in [0.1, 0.15) is 37.1 Å². The number of aromatic nitrogens is 2. The summed E-state index contributed by atoms with van der Waals surface area (Å²) in [5.74, 6) is -6.48. The van der Waals surface area contributed by atoms with Crippen molar-refractivity contribution in [2.45, 2.75) is 18.9 Å². The van der Waals surface area contributed by atoms with E-state index in [-0.39, 0.29) is 0 Å². The number of nitrogens with zero attached hydrogens (tertiary/aromatic N) is 3. The molecule has 0 atom stereocenters. The molecule has 3 rings (SSSR count). The van der Waals surface area contributed by atoms with Crippen LogP contribution >= 0.6 is 0 Å². The van der Waals surface area contributed by atoms with E-state index in [0.29, 0.717) is 11.1 Å². The minimum atomic E-state index is -5.19. The summed E-state index contributed by atoms with van der Waals surface area (Å²) in [5, 5.41) is 23.0. The van der Waals surface area contributed by atoms with Crippen molar-refractivity contribution in [2.75, 3.05) is 27.2 Å². The summed E-state index contributed by atoms with van der Waals surface area (Å²) in [6.07, 6.45) is -8.47. The number of fused-ring (bicyclic) bond motifs is 1. The first kappa shape index (κ1) is 32.8. The van der Waals surface area contributed by atoms with Gasteiger partial charge in [-0.1, -0.05) is 24.3 Å². The maximum atomic E-state index is 11.6. The largest absolute Gasteiger partial charge is 0.542 e. The lowest BCUT2D eigenvalue weighted by Gasteiger charge is -2.28. The van der Waals surface area contributed by atoms with E-state index in [4.69, 9.17) is 25.5 Å². The predicted octanol–water partition coefficient (Wildman–Crippen LogP) is -0.460. The Morgan fingerprint density at radius 3 is 1.85 bits per heavy atom. The van der Waals surface area contributed by atoms with Gasteiger partial charge in [-0.2, -0.15) is 31.4 Å². The number of carbonyl (C=O) groups is 3. The van der Waals surface area contributed by atoms with Gasteiger partial charge in [0.2, 0.25) is 0 Å². The van der Waals surface area contributed by atoms with Gasteiger partial charge in [0, 0.05) is 17.1 Å². The van der Waals surface area contributed by atoms with E-state index in [1.807, 2.05) is 18.3 Å². The molecule has 5 N–H and O–H groups in total. The summed E-state index contributed by atoms with van der Waals surface area (Å²) in [6, 6.07) is 13.8. The number of quaternary nitrogens is 2. The molecule has 214 valence electrons. The lowest BCUT2D eigenvalue weighted by molar-refractivity contribution is -0.908. The summed E-state index contributed by atoms with van der Waals surface area (Å²) in [4.78, 5) is 29.1. The molecule has 0 fully saturated rings. The lowest BCUT2D eigenvalue weighted by atomic mass is 10.1. The summed E-state index contributed by atoms with van der Waals surface area (Å²) in [6.45, 7) is 2.93. The van der Waals surface area contributed by atoms with Gasteiger partial charge in [0.15, 0.2) is 0 Å². The average Bonchev–Trinajstić information content (AvgIpc) is 3.23. The highest BCUT2D eigenvalue weighted by atomic mass is 19.4. The van der Waals surface area contributed by atoms with Crippen LogP contribution in [0.15, 0.2) is 48.7 Å². The van der Waals surface area contributed by atoms with E-state index in [1.54, 1.807) is 10.7 Å². The zero-order valence-electron chi connectivity index (χ0n) is 20.7. The molecule has 1 amide bonds. The van der Waals surface area contributed by atoms with Crippen molar-refractivity contribution in [3.8, 4) is 5.69 Å². The monoisotopic (exact) mass is 565 g/mol. The molecule has 0 spiro atoms. The molecule has 10 nitrogen and oxygen atoms in total. The molecule has 39 heavy (non-hydrogen) atoms. The van der Waals surface area contributed by atoms with Crippen molar-refractivity contribution in [1.29, 1.82) is 0 Å². The molecule has 3 aromatic rings. The van der Waals surface area contributed by atoms with Crippen LogP contribution in [0.4, 0.5) is 26.3 Å². The molecule has 0 saturated carbocycles. The van der Waals surface area contributed by atoms with E-state index in [1.165, 1.54) is 5.56 Å². The number of carbonyl (C=O) groups excluding carboxylic acids is 3. The van der Waals surface area contributed by atoms with Crippen molar-refractivity contribution >= 4 is 28.7 Å². The molecular formula is C23H25F6N5O5. The number of hydrogen-bond donors (Lipinski definition) is 2. The van der Waals surface area contributed by atoms with Crippen molar-refractivity contribution in [1.82, 2.24) is 9.78 Å². The fourth-order valence-electron chi connectivity index (χ4n) is 3.13. The van der Waals surface area contributed by atoms with Crippen molar-refractivity contribution in [3.05, 3.63) is 59.8 Å². The third kappa shape index (κ3) is 10.6. The lowest BCUT2D eigenvalue weighted by Crippen LogP contribution is -2.58. The number of halogens is 6. The molecule has 16 heteroatoms. The van der Waals surface area contributed by atoms with Gasteiger partial charge in [-0.25, -0.2) is 4.68 Å². The second-order valence-electron chi connectivity index (χ2n) is 8.59. The van der Waals surface area contributed by atoms with Gasteiger partial charge in [-0.05, 0) is 18.2 Å². The number of alkyl halides is 6. The second kappa shape index (κ2) is 13.1. The first-order valence-corrected chi connectivity index (χ1v) is 10.8. The predicted molar refractivity (Wildman–Crippen MR) is 120 cm³/mol. The maximum Gasteiger partial charge on any atom is 0.430 e. The highest BCUT2D eigenvalue weighted by molar-refractivity contribution is 6.04. The number of benzene rings is 2. The van der Waals surface area contributed by atoms with Gasteiger partial charge >= 0.3 is 12.4 Å². The number of carboxylic acids is 2. The minimum absolute atomic E-state index is 0.445. The van der Waals surface area contributed by atoms with Crippen LogP contribution in [0.2, 0.25) is 0 Å². The third-order valence-corrected chi connectivity index (χ3v) is 4.84. The highest BCUT2D eigenvalue weighted by Crippen LogP contribution is 2.20. The van der Waals surface area contributed by atoms with E-state index in [2.05, 4.69) is 49.2 Å². The zero-order valence-corrected chi connectivity index (χ0v) is 20.7. The van der Waals surface area contributed by atoms with Crippen LogP contribution in [0.5, 0.6) is 0 Å². The molecule has 0 saturated heterocycles. The summed E-state index contributed by atoms with van der Waals surface area (Å²) < 4.78 is 65.8. The normalized spacial score (nSPS) is 11.6. The number of hydrogen-bond acceptors (Lipinski definition) is 6. The molecule has 0 aliphatic carbocycles. The summed E-state index contributed by atoms with van der Waals surface area (Å²) in [5.41, 5.74) is 12.7. The van der Waals surface area contributed by atoms with Gasteiger partial charge < -0.3 is 35.8 Å². The SMILES string of the molecule is C[N+](C)(CC[NH3+])Cc1ccc(-n2cc3cccc(C(N)=O)c3n2)cc1.O=C([O-])C(F)(F)F.O=C([O-])C(F)(F)F. The molecule has 2 aromatic carbocycles. The van der Waals surface area contributed by atoms with E-state index in [9.17, 15) is 31.1 Å². The number of likely N-dealkylation sites (N-methyl/N-ethyl adjacent to an activating group) is 1. The van der Waals surface area contributed by atoms with Crippen molar-refractivity contribution in [3.63, 3.8) is 0 Å². The van der Waals surface area contributed by atoms with Gasteiger partial charge in [0.05, 0.1) is 25.3 Å². The number of amides is 1. The zero-order chi connectivity index (χ0) is 30.2. The van der Waals surface area contributed by atoms with Crippen LogP contribution in [0.25, 0.3) is 16.6 Å². The Morgan fingerprint density at radius 2 is 1.44 bits per heavy atom. The second-order valence-corrected chi connectivity index (χ2v) is 8.59. The quantitative estimate of drug-likeness (QED) is 0.303. The van der Waals surface area contributed by atoms with Gasteiger partial charge in [-0.3, -0.25) is 4.79 Å². The Balaban J connectivity index is 0.000000449. The fraction of sp³-hybridized carbons (Fsp3) is 0.304. The Bertz CT molecular complexity index is 1260. The Hall–Kier alpha value is -4.18. The number of primary amides is 1. The summed E-state index contributed by atoms with van der Waals surface area (Å²) in [7, 11) is 4.43. The number of carboxylic acid groups (broad SMARTS) is 2. The first-order chi connectivity index (χ1) is 17.8. The van der Waals surface area contributed by atoms with Crippen LogP contribution in [-0.2, 0) is 16.1 Å². The topological polar surface area (TPSA) is 169 Å². The Kier molecular flexibility index (Phi) is 11.0. The smallest absolute Gasteiger partial charge is 0.430 e. The Labute approximate surface area is 217 Å². The van der Waals surface area contributed by atoms with Crippen molar-refractivity contribution in [2.24, 2.45) is 5.73 Å². The maximum absolute atomic E-state index is 11.6. The molecule has 0 aliphatic heterocycles. The first-order valence-electron chi connectivity index (χ1n) is 10.8. The highest BCUT2D eigenvalue weighted by Gasteiger charge is 2.29. The van der Waals surface area contributed by atoms with Gasteiger partial charge in [-0.15, -0.1) is 0 Å². The number of nitrogens with two attached hydrogens (primary N) is 1. The molecule has 1 aromatic heterocycles. The number of aliphatic carboxylic acids is 2. The van der Waals surface area contributed by atoms with Crippen LogP contribution in [0.3, 0.4) is 0 Å². The van der Waals surface area contributed by atoms with E-state index < -0.39 is 30.2 Å². The molecule has 0 unspecified atom stereocenters. The minimum Gasteiger partial charge on any atom is -0.542 e. The molecule has 0 radical (unpaired) electrons. The number of rotatable bonds is 6. The van der Waals surface area contributed by atoms with Crippen molar-refractivity contribution < 1.29 is 61.2 Å². The van der Waals surface area contributed by atoms with Crippen LogP contribution in [0, 0.1) is 0 Å². The molecule has 0 bridgehead atoms. The molecule has 0 aliphatic rings. The average molecular weight is 565 g/mol. The summed E-state index contributed by atoms with van der Waals surface area (Å²) >= 11 is 0. The van der Waals surface area contributed by atoms with Crippen LogP contribution in [0.1, 0.15) is 15.9 Å². The van der Waals surface area contributed by atoms with Gasteiger partial charge in [0.25, 0.3) is 5.91 Å². The molecule has 1 heterocycles. The van der Waals surface area contributed by atoms with Crippen LogP contribution in [-0.4, -0.2) is 71.6 Å². The third-order valence-electron chi connectivity index (χ3n) is 4.84. The standard InChI is InChI=1S/C19H23N5O.2C2HF3O2/c1-24(2,11-10-20)13-14-6-8-16(9-7-14)23-12-15-4-3-5-17(19(21)25)18(15)22-23;2*3-2(4,5)1(6)7/h3-9,12H,10-11,13,20H2,1-2H3,(H-,21,25);2*(H,6,7). The molecular weight excluding hydrogens is 540 g/mol. The Morgan fingerprint density at radius 1 is 0.949 bits per heavy atom. The van der Waals surface area contributed by atoms with E-state index >= 15 is 0 Å². The van der Waals surface area contributed by atoms with E-state index in [0.717, 1.165) is 35.2 Å².